The minimum atomic E-state index is -0.876. The van der Waals surface area contributed by atoms with Crippen molar-refractivity contribution in [3.63, 3.8) is 0 Å². The number of hydrogen-bond donors (Lipinski definition) is 0. The standard InChI is InChI=1S/C39H53N3O6/c1-5-39(30-46-36(43)24-27-40(6-2)33-18-12-9-13-19-33,31-47-37(44)25-28-41(7-3)34-20-14-10-15-21-34)32-48-38(45)26-29-42(8-4)35-22-16-11-17-23-35/h9-23H,5-8,24-32H2,1-4H3. The summed E-state index contributed by atoms with van der Waals surface area (Å²) >= 11 is 0. The second-order valence-corrected chi connectivity index (χ2v) is 11.8. The number of esters is 3. The molecule has 0 heterocycles. The first-order chi connectivity index (χ1) is 23.3. The fraction of sp³-hybridized carbons (Fsp3) is 0.462. The Morgan fingerprint density at radius 1 is 0.479 bits per heavy atom. The van der Waals surface area contributed by atoms with E-state index >= 15 is 0 Å². The molecule has 0 atom stereocenters. The van der Waals surface area contributed by atoms with Crippen LogP contribution >= 0.6 is 0 Å². The largest absolute Gasteiger partial charge is 0.465 e. The van der Waals surface area contributed by atoms with E-state index in [9.17, 15) is 14.4 Å². The van der Waals surface area contributed by atoms with Gasteiger partial charge in [-0.2, -0.15) is 0 Å². The monoisotopic (exact) mass is 659 g/mol. The molecule has 0 fully saturated rings. The van der Waals surface area contributed by atoms with Gasteiger partial charge in [0, 0.05) is 56.3 Å². The Hall–Kier alpha value is -4.53. The molecule has 0 aliphatic rings. The number of nitrogens with zero attached hydrogens (tertiary/aromatic N) is 3. The van der Waals surface area contributed by atoms with Crippen molar-refractivity contribution in [1.29, 1.82) is 0 Å². The lowest BCUT2D eigenvalue weighted by Crippen LogP contribution is -2.40. The number of carbonyl (C=O) groups is 3. The smallest absolute Gasteiger partial charge is 0.307 e. The van der Waals surface area contributed by atoms with E-state index in [1.807, 2.05) is 119 Å². The normalized spacial score (nSPS) is 11.0. The molecule has 0 amide bonds. The van der Waals surface area contributed by atoms with Gasteiger partial charge in [0.15, 0.2) is 0 Å². The van der Waals surface area contributed by atoms with Crippen molar-refractivity contribution in [3.05, 3.63) is 91.0 Å². The van der Waals surface area contributed by atoms with Crippen LogP contribution in [0.15, 0.2) is 91.0 Å². The molecule has 3 rings (SSSR count). The minimum Gasteiger partial charge on any atom is -0.465 e. The number of ether oxygens (including phenoxy) is 3. The Kier molecular flexibility index (Phi) is 16.3. The van der Waals surface area contributed by atoms with Crippen LogP contribution in [0.5, 0.6) is 0 Å². The SMILES string of the molecule is CCN(CCC(=O)OCC(CC)(COC(=O)CCN(CC)c1ccccc1)COC(=O)CCN(CC)c1ccccc1)c1ccccc1. The molecule has 0 aromatic heterocycles. The maximum Gasteiger partial charge on any atom is 0.307 e. The molecule has 0 unspecified atom stereocenters. The van der Waals surface area contributed by atoms with Gasteiger partial charge in [-0.15, -0.1) is 0 Å². The van der Waals surface area contributed by atoms with Gasteiger partial charge in [-0.1, -0.05) is 61.5 Å². The Morgan fingerprint density at radius 3 is 0.979 bits per heavy atom. The lowest BCUT2D eigenvalue weighted by molar-refractivity contribution is -0.162. The predicted molar refractivity (Wildman–Crippen MR) is 192 cm³/mol. The number of anilines is 3. The lowest BCUT2D eigenvalue weighted by Gasteiger charge is -2.31. The van der Waals surface area contributed by atoms with E-state index in [1.165, 1.54) is 0 Å². The minimum absolute atomic E-state index is 0.0312. The average Bonchev–Trinajstić information content (AvgIpc) is 3.13. The Bertz CT molecular complexity index is 1190. The van der Waals surface area contributed by atoms with Crippen LogP contribution < -0.4 is 14.7 Å². The van der Waals surface area contributed by atoms with Crippen molar-refractivity contribution in [1.82, 2.24) is 0 Å². The molecule has 3 aromatic carbocycles. The maximum atomic E-state index is 12.9. The van der Waals surface area contributed by atoms with Crippen LogP contribution in [0.2, 0.25) is 0 Å². The molecule has 48 heavy (non-hydrogen) atoms. The van der Waals surface area contributed by atoms with Gasteiger partial charge in [0.1, 0.15) is 19.8 Å². The van der Waals surface area contributed by atoms with Crippen molar-refractivity contribution < 1.29 is 28.6 Å². The van der Waals surface area contributed by atoms with Gasteiger partial charge >= 0.3 is 17.9 Å². The average molecular weight is 660 g/mol. The quantitative estimate of drug-likeness (QED) is 0.0857. The Labute approximate surface area is 286 Å². The molecule has 0 aliphatic carbocycles. The summed E-state index contributed by atoms with van der Waals surface area (Å²) in [6, 6.07) is 29.8. The zero-order valence-electron chi connectivity index (χ0n) is 29.1. The van der Waals surface area contributed by atoms with Gasteiger partial charge in [0.25, 0.3) is 0 Å². The van der Waals surface area contributed by atoms with Crippen molar-refractivity contribution in [2.45, 2.75) is 53.4 Å². The molecule has 9 heteroatoms. The van der Waals surface area contributed by atoms with E-state index in [-0.39, 0.29) is 57.0 Å². The molecule has 0 saturated heterocycles. The molecule has 0 bridgehead atoms. The van der Waals surface area contributed by atoms with Crippen molar-refractivity contribution in [2.75, 3.05) is 73.8 Å². The van der Waals surface area contributed by atoms with Gasteiger partial charge < -0.3 is 28.9 Å². The number of rotatable bonds is 22. The van der Waals surface area contributed by atoms with Gasteiger partial charge in [0.2, 0.25) is 0 Å². The topological polar surface area (TPSA) is 88.6 Å². The Morgan fingerprint density at radius 2 is 0.750 bits per heavy atom. The highest BCUT2D eigenvalue weighted by Crippen LogP contribution is 2.26. The first-order valence-electron chi connectivity index (χ1n) is 17.2. The molecule has 0 aliphatic heterocycles. The van der Waals surface area contributed by atoms with E-state index in [2.05, 4.69) is 14.7 Å². The molecular formula is C39H53N3O6. The van der Waals surface area contributed by atoms with E-state index < -0.39 is 5.41 Å². The molecular weight excluding hydrogens is 606 g/mol. The molecule has 9 nitrogen and oxygen atoms in total. The summed E-state index contributed by atoms with van der Waals surface area (Å²) in [7, 11) is 0. The van der Waals surface area contributed by atoms with Crippen LogP contribution in [-0.4, -0.2) is 77.0 Å². The van der Waals surface area contributed by atoms with Gasteiger partial charge in [-0.3, -0.25) is 14.4 Å². The summed E-state index contributed by atoms with van der Waals surface area (Å²) in [5, 5.41) is 0. The number of hydrogen-bond acceptors (Lipinski definition) is 9. The summed E-state index contributed by atoms with van der Waals surface area (Å²) in [5.41, 5.74) is 2.24. The summed E-state index contributed by atoms with van der Waals surface area (Å²) in [5.74, 6) is -1.08. The van der Waals surface area contributed by atoms with Crippen LogP contribution in [0, 0.1) is 5.41 Å². The van der Waals surface area contributed by atoms with E-state index in [0.717, 1.165) is 36.7 Å². The van der Waals surface area contributed by atoms with Gasteiger partial charge in [-0.05, 0) is 63.6 Å². The highest BCUT2D eigenvalue weighted by atomic mass is 16.6. The zero-order valence-corrected chi connectivity index (χ0v) is 29.1. The summed E-state index contributed by atoms with van der Waals surface area (Å²) in [4.78, 5) is 45.2. The van der Waals surface area contributed by atoms with Gasteiger partial charge in [0.05, 0.1) is 24.7 Å². The number of para-hydroxylation sites is 3. The highest BCUT2D eigenvalue weighted by molar-refractivity contribution is 5.71. The van der Waals surface area contributed by atoms with Crippen LogP contribution in [0.3, 0.4) is 0 Å². The predicted octanol–water partition coefficient (Wildman–Crippen LogP) is 6.76. The van der Waals surface area contributed by atoms with E-state index in [1.54, 1.807) is 0 Å². The second kappa shape index (κ2) is 20.7. The number of benzene rings is 3. The highest BCUT2D eigenvalue weighted by Gasteiger charge is 2.34. The Balaban J connectivity index is 1.60. The molecule has 0 spiro atoms. The van der Waals surface area contributed by atoms with Crippen LogP contribution in [0.1, 0.15) is 53.4 Å². The van der Waals surface area contributed by atoms with Crippen molar-refractivity contribution in [2.24, 2.45) is 5.41 Å². The van der Waals surface area contributed by atoms with Crippen LogP contribution in [0.25, 0.3) is 0 Å². The first kappa shape index (κ1) is 37.9. The van der Waals surface area contributed by atoms with E-state index in [4.69, 9.17) is 14.2 Å². The van der Waals surface area contributed by atoms with Crippen molar-refractivity contribution in [3.8, 4) is 0 Å². The first-order valence-corrected chi connectivity index (χ1v) is 17.2. The molecule has 0 N–H and O–H groups in total. The van der Waals surface area contributed by atoms with E-state index in [0.29, 0.717) is 26.1 Å². The summed E-state index contributed by atoms with van der Waals surface area (Å²) in [6.45, 7) is 11.7. The third-order valence-electron chi connectivity index (χ3n) is 8.63. The molecule has 260 valence electrons. The zero-order chi connectivity index (χ0) is 34.6. The maximum absolute atomic E-state index is 12.9. The third kappa shape index (κ3) is 12.6. The van der Waals surface area contributed by atoms with Crippen LogP contribution in [-0.2, 0) is 28.6 Å². The lowest BCUT2D eigenvalue weighted by atomic mass is 9.88. The third-order valence-corrected chi connectivity index (χ3v) is 8.63. The molecule has 0 radical (unpaired) electrons. The number of carbonyl (C=O) groups excluding carboxylic acids is 3. The summed E-state index contributed by atoms with van der Waals surface area (Å²) < 4.78 is 17.3. The summed E-state index contributed by atoms with van der Waals surface area (Å²) in [6.07, 6.45) is 1.06. The fourth-order valence-corrected chi connectivity index (χ4v) is 5.35. The molecule has 0 saturated carbocycles. The van der Waals surface area contributed by atoms with Crippen LogP contribution in [0.4, 0.5) is 17.1 Å². The van der Waals surface area contributed by atoms with Crippen molar-refractivity contribution >= 4 is 35.0 Å². The second-order valence-electron chi connectivity index (χ2n) is 11.8. The fourth-order valence-electron chi connectivity index (χ4n) is 5.35. The molecule has 3 aromatic rings. The van der Waals surface area contributed by atoms with Gasteiger partial charge in [-0.25, -0.2) is 0 Å².